The third-order valence-electron chi connectivity index (χ3n) is 7.99. The summed E-state index contributed by atoms with van der Waals surface area (Å²) >= 11 is 4.94. The van der Waals surface area contributed by atoms with E-state index < -0.39 is 0 Å². The van der Waals surface area contributed by atoms with Gasteiger partial charge >= 0.3 is 0 Å². The monoisotopic (exact) mass is 619 g/mol. The second-order valence-electron chi connectivity index (χ2n) is 10.3. The maximum Gasteiger partial charge on any atom is 0.203 e. The molecule has 0 spiro atoms. The van der Waals surface area contributed by atoms with Gasteiger partial charge in [0.05, 0.1) is 13.2 Å². The molecule has 0 unspecified atom stereocenters. The highest BCUT2D eigenvalue weighted by Gasteiger charge is 2.19. The fourth-order valence-electron chi connectivity index (χ4n) is 5.44. The van der Waals surface area contributed by atoms with E-state index in [2.05, 4.69) is 128 Å². The number of benzene rings is 3. The van der Waals surface area contributed by atoms with Crippen LogP contribution in [0.4, 0.5) is 5.69 Å². The molecule has 0 amide bonds. The molecule has 0 radical (unpaired) electrons. The summed E-state index contributed by atoms with van der Waals surface area (Å²) < 4.78 is 13.8. The van der Waals surface area contributed by atoms with Crippen molar-refractivity contribution in [3.8, 4) is 22.5 Å². The Morgan fingerprint density at radius 3 is 2.07 bits per heavy atom. The number of fused-ring (bicyclic) bond motifs is 2. The predicted molar refractivity (Wildman–Crippen MR) is 195 cm³/mol. The summed E-state index contributed by atoms with van der Waals surface area (Å²) in [5.74, 6) is 0.933. The van der Waals surface area contributed by atoms with Crippen LogP contribution in [0.15, 0.2) is 71.1 Å². The number of nitrogens with two attached hydrogens (primary N) is 1. The van der Waals surface area contributed by atoms with E-state index >= 15 is 0 Å². The van der Waals surface area contributed by atoms with E-state index in [1.165, 1.54) is 29.2 Å². The lowest BCUT2D eigenvalue weighted by molar-refractivity contribution is 0.298. The Morgan fingerprint density at radius 2 is 1.50 bits per heavy atom. The Balaban J connectivity index is 0.000000409. The molecule has 0 saturated heterocycles. The third-order valence-corrected chi connectivity index (χ3v) is 8.36. The van der Waals surface area contributed by atoms with Crippen LogP contribution in [0.2, 0.25) is 0 Å². The number of methoxy groups -OCH3 is 1. The van der Waals surface area contributed by atoms with Crippen LogP contribution in [0.3, 0.4) is 0 Å². The Morgan fingerprint density at radius 1 is 0.841 bits per heavy atom. The van der Waals surface area contributed by atoms with Gasteiger partial charge in [0.1, 0.15) is 24.4 Å². The average molecular weight is 620 g/mol. The number of rotatable bonds is 12. The first-order valence-corrected chi connectivity index (χ1v) is 16.6. The fourth-order valence-corrected chi connectivity index (χ4v) is 5.59. The van der Waals surface area contributed by atoms with Gasteiger partial charge in [0, 0.05) is 53.8 Å². The zero-order valence-electron chi connectivity index (χ0n) is 28.4. The zero-order chi connectivity index (χ0) is 32.5. The lowest BCUT2D eigenvalue weighted by atomic mass is 9.93. The molecule has 1 aliphatic heterocycles. The van der Waals surface area contributed by atoms with Gasteiger partial charge in [-0.25, -0.2) is 4.58 Å². The second-order valence-corrected chi connectivity index (χ2v) is 10.7. The number of ether oxygens (including phenoxy) is 1. The molecule has 44 heavy (non-hydrogen) atoms. The highest BCUT2D eigenvalue weighted by Crippen LogP contribution is 2.40. The Kier molecular flexibility index (Phi) is 16.7. The summed E-state index contributed by atoms with van der Waals surface area (Å²) in [4.78, 5) is 4.74. The molecule has 0 saturated carbocycles. The van der Waals surface area contributed by atoms with Gasteiger partial charge in [-0.1, -0.05) is 44.2 Å². The summed E-state index contributed by atoms with van der Waals surface area (Å²) in [5.41, 5.74) is 10.2. The average Bonchev–Trinajstić information content (AvgIpc) is 3.08. The molecule has 2 aliphatic rings. The van der Waals surface area contributed by atoms with Gasteiger partial charge in [-0.3, -0.25) is 0 Å². The molecule has 7 heteroatoms. The molecule has 0 bridgehead atoms. The summed E-state index contributed by atoms with van der Waals surface area (Å²) in [6, 6.07) is 23.9. The SMILES string of the molecule is CCN(CC)CCCC(=S)OC.CCN(CC)c1ccc2c(-c3ccccc3)c3ccc(=[N+](CC)CC)cc-3oc2c1.CN. The van der Waals surface area contributed by atoms with Crippen LogP contribution in [0, 0.1) is 0 Å². The highest BCUT2D eigenvalue weighted by atomic mass is 32.1. The first kappa shape index (κ1) is 36.9. The second kappa shape index (κ2) is 19.9. The van der Waals surface area contributed by atoms with E-state index in [-0.39, 0.29) is 0 Å². The topological polar surface area (TPSA) is 57.9 Å². The van der Waals surface area contributed by atoms with Gasteiger partial charge in [-0.2, -0.15) is 0 Å². The van der Waals surface area contributed by atoms with Crippen molar-refractivity contribution >= 4 is 33.9 Å². The van der Waals surface area contributed by atoms with Gasteiger partial charge in [0.25, 0.3) is 0 Å². The van der Waals surface area contributed by atoms with Crippen molar-refractivity contribution < 1.29 is 9.15 Å². The highest BCUT2D eigenvalue weighted by molar-refractivity contribution is 7.80. The van der Waals surface area contributed by atoms with Crippen LogP contribution in [-0.4, -0.2) is 69.9 Å². The van der Waals surface area contributed by atoms with Crippen molar-refractivity contribution in [1.82, 2.24) is 9.48 Å². The summed E-state index contributed by atoms with van der Waals surface area (Å²) in [7, 11) is 3.14. The quantitative estimate of drug-likeness (QED) is 0.101. The maximum absolute atomic E-state index is 6.51. The largest absolute Gasteiger partial charge is 0.490 e. The van der Waals surface area contributed by atoms with Gasteiger partial charge < -0.3 is 24.7 Å². The van der Waals surface area contributed by atoms with Crippen molar-refractivity contribution in [2.75, 3.05) is 64.9 Å². The molecule has 240 valence electrons. The van der Waals surface area contributed by atoms with E-state index in [4.69, 9.17) is 21.4 Å². The Hall–Kier alpha value is -3.26. The van der Waals surface area contributed by atoms with Crippen molar-refractivity contribution in [1.29, 1.82) is 0 Å². The number of thiocarbonyl (C=S) groups is 1. The molecule has 1 aliphatic carbocycles. The molecule has 2 aromatic rings. The summed E-state index contributed by atoms with van der Waals surface area (Å²) in [6.07, 6.45) is 2.01. The van der Waals surface area contributed by atoms with E-state index in [1.54, 1.807) is 7.11 Å². The smallest absolute Gasteiger partial charge is 0.203 e. The maximum atomic E-state index is 6.51. The number of anilines is 1. The van der Waals surface area contributed by atoms with Gasteiger partial charge in [0.2, 0.25) is 5.36 Å². The van der Waals surface area contributed by atoms with Crippen molar-refractivity contribution in [2.24, 2.45) is 5.73 Å². The Labute approximate surface area is 271 Å². The van der Waals surface area contributed by atoms with Crippen molar-refractivity contribution in [3.63, 3.8) is 0 Å². The van der Waals surface area contributed by atoms with Crippen LogP contribution >= 0.6 is 12.2 Å². The van der Waals surface area contributed by atoms with E-state index in [0.717, 1.165) is 86.0 Å². The molecule has 1 heterocycles. The van der Waals surface area contributed by atoms with E-state index in [9.17, 15) is 0 Å². The molecule has 6 nitrogen and oxygen atoms in total. The molecule has 0 atom stereocenters. The van der Waals surface area contributed by atoms with Crippen LogP contribution in [0.5, 0.6) is 0 Å². The molecule has 2 aromatic carbocycles. The minimum atomic E-state index is 0.724. The van der Waals surface area contributed by atoms with Crippen molar-refractivity contribution in [3.05, 3.63) is 72.1 Å². The molecular formula is C37H55N4O2S+. The van der Waals surface area contributed by atoms with Gasteiger partial charge in [0.15, 0.2) is 5.05 Å². The minimum absolute atomic E-state index is 0.724. The molecular weight excluding hydrogens is 565 g/mol. The van der Waals surface area contributed by atoms with Crippen LogP contribution in [0.1, 0.15) is 54.4 Å². The standard InChI is InChI=1S/C27H31N2O.C9H19NOS.CH5N/c1-5-28(6-2)21-14-16-23-25(18-21)30-26-19-22(29(7-3)8-4)15-17-24(26)27(23)20-12-10-9-11-13-20;1-4-10(5-2)8-6-7-9(12)11-3;1-2/h9-19H,5-8H2,1-4H3;4-8H2,1-3H3;2H2,1H3/q+1;;. The molecule has 0 aromatic heterocycles. The van der Waals surface area contributed by atoms with Crippen LogP contribution in [0.25, 0.3) is 33.4 Å². The predicted octanol–water partition coefficient (Wildman–Crippen LogP) is 7.52. The Bertz CT molecular complexity index is 1440. The van der Waals surface area contributed by atoms with Crippen LogP contribution < -0.4 is 20.6 Å². The van der Waals surface area contributed by atoms with E-state index in [1.807, 2.05) is 0 Å². The van der Waals surface area contributed by atoms with Gasteiger partial charge in [-0.15, -0.1) is 0 Å². The first-order valence-electron chi connectivity index (χ1n) is 16.2. The summed E-state index contributed by atoms with van der Waals surface area (Å²) in [5, 5.41) is 3.08. The minimum Gasteiger partial charge on any atom is -0.490 e. The fraction of sp³-hybridized carbons (Fsp3) is 0.459. The zero-order valence-corrected chi connectivity index (χ0v) is 29.2. The van der Waals surface area contributed by atoms with Gasteiger partial charge in [-0.05, 0) is 96.8 Å². The van der Waals surface area contributed by atoms with Crippen LogP contribution in [-0.2, 0) is 4.74 Å². The lowest BCUT2D eigenvalue weighted by Crippen LogP contribution is -2.29. The molecule has 2 N–H and O–H groups in total. The lowest BCUT2D eigenvalue weighted by Gasteiger charge is -2.22. The van der Waals surface area contributed by atoms with Crippen molar-refractivity contribution in [2.45, 2.75) is 54.4 Å². The molecule has 4 rings (SSSR count). The number of hydrogen-bond acceptors (Lipinski definition) is 6. The molecule has 0 fully saturated rings. The van der Waals surface area contributed by atoms with E-state index in [0.29, 0.717) is 0 Å². The summed E-state index contributed by atoms with van der Waals surface area (Å²) in [6.45, 7) is 20.4. The normalized spacial score (nSPS) is 10.6. The number of nitrogens with zero attached hydrogens (tertiary/aromatic N) is 3. The third kappa shape index (κ3) is 9.88. The first-order chi connectivity index (χ1) is 21.4. The number of hydrogen-bond donors (Lipinski definition) is 1.